The molecule has 1 aromatic heterocycles. The smallest absolute Gasteiger partial charge is 0.308 e. The van der Waals surface area contributed by atoms with E-state index in [-0.39, 0.29) is 18.8 Å². The molecule has 1 heterocycles. The number of hydrogen-bond donors (Lipinski definition) is 2. The molecular weight excluding hydrogens is 268 g/mol. The average Bonchev–Trinajstić information content (AvgIpc) is 2.82. The summed E-state index contributed by atoms with van der Waals surface area (Å²) in [6, 6.07) is 0. The lowest BCUT2D eigenvalue weighted by molar-refractivity contribution is -0.385. The number of carboxylic acids is 1. The molecule has 0 aromatic carbocycles. The highest BCUT2D eigenvalue weighted by Gasteiger charge is 2.17. The van der Waals surface area contributed by atoms with E-state index in [9.17, 15) is 19.7 Å². The number of nitro groups is 1. The molecule has 0 spiro atoms. The number of rotatable bonds is 8. The molecule has 1 amide bonds. The quantitative estimate of drug-likeness (QED) is 0.525. The summed E-state index contributed by atoms with van der Waals surface area (Å²) in [7, 11) is 0. The number of amides is 1. The molecule has 0 saturated heterocycles. The lowest BCUT2D eigenvalue weighted by Gasteiger charge is -2.12. The van der Waals surface area contributed by atoms with Gasteiger partial charge in [0.1, 0.15) is 18.9 Å². The highest BCUT2D eigenvalue weighted by molar-refractivity contribution is 5.77. The summed E-state index contributed by atoms with van der Waals surface area (Å²) in [5.41, 5.74) is -0.202. The van der Waals surface area contributed by atoms with Gasteiger partial charge in [0.25, 0.3) is 0 Å². The van der Waals surface area contributed by atoms with Crippen LogP contribution in [0.25, 0.3) is 0 Å². The van der Waals surface area contributed by atoms with Crippen LogP contribution in [0.5, 0.6) is 0 Å². The topological polar surface area (TPSA) is 127 Å². The van der Waals surface area contributed by atoms with Gasteiger partial charge in [-0.1, -0.05) is 13.3 Å². The minimum absolute atomic E-state index is 0.0331. The maximum Gasteiger partial charge on any atom is 0.308 e. The Bertz CT molecular complexity index is 499. The van der Waals surface area contributed by atoms with E-state index in [0.717, 1.165) is 17.1 Å². The predicted octanol–water partition coefficient (Wildman–Crippen LogP) is 0.408. The van der Waals surface area contributed by atoms with Crippen molar-refractivity contribution < 1.29 is 19.6 Å². The Kier molecular flexibility index (Phi) is 5.63. The Morgan fingerprint density at radius 3 is 2.80 bits per heavy atom. The van der Waals surface area contributed by atoms with E-state index in [0.29, 0.717) is 12.8 Å². The van der Waals surface area contributed by atoms with E-state index < -0.39 is 22.7 Å². The first-order chi connectivity index (χ1) is 9.43. The summed E-state index contributed by atoms with van der Waals surface area (Å²) < 4.78 is 1.13. The average molecular weight is 284 g/mol. The van der Waals surface area contributed by atoms with Gasteiger partial charge in [0.2, 0.25) is 5.91 Å². The molecule has 9 heteroatoms. The van der Waals surface area contributed by atoms with E-state index in [1.54, 1.807) is 0 Å². The number of carboxylic acid groups (broad SMARTS) is 1. The van der Waals surface area contributed by atoms with Gasteiger partial charge < -0.3 is 10.4 Å². The second kappa shape index (κ2) is 7.22. The van der Waals surface area contributed by atoms with Crippen molar-refractivity contribution in [1.29, 1.82) is 0 Å². The molecular formula is C11H16N4O5. The fraction of sp³-hybridized carbons (Fsp3) is 0.545. The van der Waals surface area contributed by atoms with Crippen molar-refractivity contribution in [2.45, 2.75) is 26.3 Å². The first-order valence-corrected chi connectivity index (χ1v) is 6.10. The zero-order chi connectivity index (χ0) is 15.1. The first-order valence-electron chi connectivity index (χ1n) is 6.10. The van der Waals surface area contributed by atoms with Crippen molar-refractivity contribution in [2.75, 3.05) is 6.54 Å². The summed E-state index contributed by atoms with van der Waals surface area (Å²) in [5.74, 6) is -2.02. The first kappa shape index (κ1) is 15.6. The highest BCUT2D eigenvalue weighted by Crippen LogP contribution is 2.08. The summed E-state index contributed by atoms with van der Waals surface area (Å²) in [6.07, 6.45) is 3.37. The van der Waals surface area contributed by atoms with Crippen LogP contribution >= 0.6 is 0 Å². The van der Waals surface area contributed by atoms with Crippen LogP contribution in [0.15, 0.2) is 12.4 Å². The fourth-order valence-electron chi connectivity index (χ4n) is 1.63. The lowest BCUT2D eigenvalue weighted by Crippen LogP contribution is -2.35. The number of carbonyl (C=O) groups is 2. The Hall–Kier alpha value is -2.45. The predicted molar refractivity (Wildman–Crippen MR) is 67.9 cm³/mol. The molecule has 0 aliphatic carbocycles. The molecule has 0 aliphatic rings. The van der Waals surface area contributed by atoms with Crippen LogP contribution < -0.4 is 5.32 Å². The maximum atomic E-state index is 11.6. The van der Waals surface area contributed by atoms with Crippen LogP contribution in [-0.4, -0.2) is 38.2 Å². The van der Waals surface area contributed by atoms with Crippen LogP contribution in [0.4, 0.5) is 5.69 Å². The van der Waals surface area contributed by atoms with Gasteiger partial charge in [0, 0.05) is 6.54 Å². The molecule has 1 unspecified atom stereocenters. The number of hydrogen-bond acceptors (Lipinski definition) is 5. The summed E-state index contributed by atoms with van der Waals surface area (Å²) in [6.45, 7) is 1.71. The van der Waals surface area contributed by atoms with Crippen LogP contribution in [0.3, 0.4) is 0 Å². The van der Waals surface area contributed by atoms with Crippen molar-refractivity contribution in [3.63, 3.8) is 0 Å². The molecule has 0 bridgehead atoms. The van der Waals surface area contributed by atoms with Gasteiger partial charge >= 0.3 is 11.7 Å². The molecule has 9 nitrogen and oxygen atoms in total. The van der Waals surface area contributed by atoms with Gasteiger partial charge in [-0.2, -0.15) is 5.10 Å². The van der Waals surface area contributed by atoms with E-state index in [1.165, 1.54) is 0 Å². The molecule has 1 atom stereocenters. The van der Waals surface area contributed by atoms with Crippen molar-refractivity contribution in [1.82, 2.24) is 15.1 Å². The van der Waals surface area contributed by atoms with E-state index in [4.69, 9.17) is 5.11 Å². The van der Waals surface area contributed by atoms with Crippen molar-refractivity contribution >= 4 is 17.6 Å². The van der Waals surface area contributed by atoms with Gasteiger partial charge in [-0.25, -0.2) is 0 Å². The Morgan fingerprint density at radius 2 is 2.30 bits per heavy atom. The van der Waals surface area contributed by atoms with Gasteiger partial charge in [-0.3, -0.25) is 24.4 Å². The largest absolute Gasteiger partial charge is 0.481 e. The number of nitrogens with one attached hydrogen (secondary N) is 1. The summed E-state index contributed by atoms with van der Waals surface area (Å²) in [5, 5.41) is 25.5. The fourth-order valence-corrected chi connectivity index (χ4v) is 1.63. The zero-order valence-corrected chi connectivity index (χ0v) is 11.0. The lowest BCUT2D eigenvalue weighted by atomic mass is 10.0. The number of aliphatic carboxylic acids is 1. The Morgan fingerprint density at radius 1 is 1.60 bits per heavy atom. The highest BCUT2D eigenvalue weighted by atomic mass is 16.6. The number of carbonyl (C=O) groups excluding carboxylic acids is 1. The second-order valence-corrected chi connectivity index (χ2v) is 4.28. The SMILES string of the molecule is CCCC(CNC(=O)Cn1cc([N+](=O)[O-])cn1)C(=O)O. The van der Waals surface area contributed by atoms with Crippen LogP contribution in [-0.2, 0) is 16.1 Å². The van der Waals surface area contributed by atoms with Crippen LogP contribution in [0.1, 0.15) is 19.8 Å². The maximum absolute atomic E-state index is 11.6. The zero-order valence-electron chi connectivity index (χ0n) is 11.0. The summed E-state index contributed by atoms with van der Waals surface area (Å²) >= 11 is 0. The Balaban J connectivity index is 2.46. The molecule has 0 fully saturated rings. The third-order valence-electron chi connectivity index (χ3n) is 2.67. The molecule has 2 N–H and O–H groups in total. The third kappa shape index (κ3) is 4.67. The third-order valence-corrected chi connectivity index (χ3v) is 2.67. The minimum atomic E-state index is -0.957. The van der Waals surface area contributed by atoms with Gasteiger partial charge in [0.15, 0.2) is 0 Å². The van der Waals surface area contributed by atoms with Gasteiger partial charge in [-0.05, 0) is 6.42 Å². The van der Waals surface area contributed by atoms with Crippen molar-refractivity contribution in [3.05, 3.63) is 22.5 Å². The molecule has 0 aliphatic heterocycles. The Labute approximate surface area is 114 Å². The molecule has 0 radical (unpaired) electrons. The van der Waals surface area contributed by atoms with Gasteiger partial charge in [-0.15, -0.1) is 0 Å². The van der Waals surface area contributed by atoms with Gasteiger partial charge in [0.05, 0.1) is 10.8 Å². The van der Waals surface area contributed by atoms with E-state index >= 15 is 0 Å². The monoisotopic (exact) mass is 284 g/mol. The number of aromatic nitrogens is 2. The van der Waals surface area contributed by atoms with Crippen LogP contribution in [0, 0.1) is 16.0 Å². The second-order valence-electron chi connectivity index (χ2n) is 4.28. The normalized spacial score (nSPS) is 11.8. The molecule has 1 rings (SSSR count). The summed E-state index contributed by atoms with van der Waals surface area (Å²) in [4.78, 5) is 32.3. The van der Waals surface area contributed by atoms with E-state index in [1.807, 2.05) is 6.92 Å². The number of nitrogens with zero attached hydrogens (tertiary/aromatic N) is 3. The molecule has 110 valence electrons. The molecule has 0 saturated carbocycles. The van der Waals surface area contributed by atoms with Crippen LogP contribution in [0.2, 0.25) is 0 Å². The van der Waals surface area contributed by atoms with E-state index in [2.05, 4.69) is 10.4 Å². The molecule has 20 heavy (non-hydrogen) atoms. The standard InChI is InChI=1S/C11H16N4O5/c1-2-3-8(11(17)18)4-12-10(16)7-14-6-9(5-13-14)15(19)20/h5-6,8H,2-4,7H2,1H3,(H,12,16)(H,17,18). The minimum Gasteiger partial charge on any atom is -0.481 e. The molecule has 1 aromatic rings. The van der Waals surface area contributed by atoms with Crippen molar-refractivity contribution in [3.8, 4) is 0 Å². The van der Waals surface area contributed by atoms with Crippen molar-refractivity contribution in [2.24, 2.45) is 5.92 Å².